The first-order valence-electron chi connectivity index (χ1n) is 6.90. The molecular weight excluding hydrogens is 316 g/mol. The molecule has 1 unspecified atom stereocenters. The van der Waals surface area contributed by atoms with Crippen molar-refractivity contribution in [1.29, 1.82) is 0 Å². The van der Waals surface area contributed by atoms with Crippen LogP contribution >= 0.6 is 15.9 Å². The first kappa shape index (κ1) is 13.7. The fraction of sp³-hybridized carbons (Fsp3) is 0.294. The Kier molecular flexibility index (Phi) is 3.81. The van der Waals surface area contributed by atoms with E-state index in [0.29, 0.717) is 6.42 Å². The van der Waals surface area contributed by atoms with Crippen molar-refractivity contribution in [3.05, 3.63) is 63.6 Å². The lowest BCUT2D eigenvalue weighted by molar-refractivity contribution is 0.0657. The van der Waals surface area contributed by atoms with Crippen LogP contribution in [0.25, 0.3) is 0 Å². The maximum atomic E-state index is 10.3. The Morgan fingerprint density at radius 1 is 1.20 bits per heavy atom. The summed E-state index contributed by atoms with van der Waals surface area (Å²) in [7, 11) is 0. The molecule has 104 valence electrons. The number of hydrogen-bond acceptors (Lipinski definition) is 2. The molecule has 1 N–H and O–H groups in total. The van der Waals surface area contributed by atoms with Crippen LogP contribution in [0.5, 0.6) is 5.75 Å². The van der Waals surface area contributed by atoms with E-state index in [2.05, 4.69) is 47.1 Å². The van der Waals surface area contributed by atoms with Gasteiger partial charge in [0.2, 0.25) is 0 Å². The molecule has 3 heteroatoms. The smallest absolute Gasteiger partial charge is 0.127 e. The van der Waals surface area contributed by atoms with E-state index in [-0.39, 0.29) is 6.10 Å². The lowest BCUT2D eigenvalue weighted by atomic mass is 9.94. The maximum absolute atomic E-state index is 10.3. The lowest BCUT2D eigenvalue weighted by Gasteiger charge is -2.30. The van der Waals surface area contributed by atoms with Crippen molar-refractivity contribution >= 4 is 15.9 Å². The Bertz CT molecular complexity index is 607. The number of aliphatic hydroxyl groups is 1. The van der Waals surface area contributed by atoms with Gasteiger partial charge in [0.25, 0.3) is 0 Å². The summed E-state index contributed by atoms with van der Waals surface area (Å²) in [5.41, 5.74) is 3.30. The van der Waals surface area contributed by atoms with Crippen molar-refractivity contribution in [1.82, 2.24) is 0 Å². The van der Waals surface area contributed by atoms with Gasteiger partial charge in [-0.25, -0.2) is 0 Å². The minimum absolute atomic E-state index is 0.0855. The molecule has 3 rings (SSSR count). The summed E-state index contributed by atoms with van der Waals surface area (Å²) >= 11 is 3.44. The van der Waals surface area contributed by atoms with Crippen LogP contribution in [0.2, 0.25) is 0 Å². The monoisotopic (exact) mass is 332 g/mol. The third-order valence-electron chi connectivity index (χ3n) is 3.80. The van der Waals surface area contributed by atoms with Crippen molar-refractivity contribution in [2.75, 3.05) is 0 Å². The topological polar surface area (TPSA) is 29.5 Å². The van der Waals surface area contributed by atoms with E-state index in [1.54, 1.807) is 0 Å². The van der Waals surface area contributed by atoms with Gasteiger partial charge in [0.1, 0.15) is 11.9 Å². The van der Waals surface area contributed by atoms with E-state index in [1.807, 2.05) is 18.2 Å². The Morgan fingerprint density at radius 2 is 1.95 bits per heavy atom. The van der Waals surface area contributed by atoms with Gasteiger partial charge in [-0.15, -0.1) is 0 Å². The Hall–Kier alpha value is -1.32. The van der Waals surface area contributed by atoms with Gasteiger partial charge < -0.3 is 9.84 Å². The van der Waals surface area contributed by atoms with E-state index >= 15 is 0 Å². The molecule has 1 aliphatic heterocycles. The van der Waals surface area contributed by atoms with E-state index in [4.69, 9.17) is 4.74 Å². The summed E-state index contributed by atoms with van der Waals surface area (Å²) in [5, 5.41) is 10.3. The second kappa shape index (κ2) is 5.58. The van der Waals surface area contributed by atoms with Crippen LogP contribution in [0.15, 0.2) is 46.9 Å². The van der Waals surface area contributed by atoms with Crippen molar-refractivity contribution in [3.63, 3.8) is 0 Å². The van der Waals surface area contributed by atoms with Crippen molar-refractivity contribution < 1.29 is 9.84 Å². The Balaban J connectivity index is 1.89. The zero-order valence-corrected chi connectivity index (χ0v) is 12.9. The van der Waals surface area contributed by atoms with Crippen LogP contribution in [-0.4, -0.2) is 5.11 Å². The molecule has 0 fully saturated rings. The molecule has 0 saturated carbocycles. The Morgan fingerprint density at radius 3 is 2.65 bits per heavy atom. The minimum Gasteiger partial charge on any atom is -0.485 e. The molecule has 2 aromatic rings. The average molecular weight is 333 g/mol. The molecule has 0 aromatic heterocycles. The van der Waals surface area contributed by atoms with Crippen molar-refractivity contribution in [2.24, 2.45) is 0 Å². The maximum Gasteiger partial charge on any atom is 0.127 e. The third-order valence-corrected chi connectivity index (χ3v) is 4.29. The molecule has 2 atom stereocenters. The number of hydrogen-bond donors (Lipinski definition) is 1. The number of benzene rings is 2. The lowest BCUT2D eigenvalue weighted by Crippen LogP contribution is -2.19. The van der Waals surface area contributed by atoms with Crippen LogP contribution < -0.4 is 4.74 Å². The van der Waals surface area contributed by atoms with E-state index in [9.17, 15) is 5.11 Å². The first-order valence-corrected chi connectivity index (χ1v) is 7.69. The predicted molar refractivity (Wildman–Crippen MR) is 82.9 cm³/mol. The highest BCUT2D eigenvalue weighted by atomic mass is 79.9. The second-order valence-corrected chi connectivity index (χ2v) is 6.05. The Labute approximate surface area is 127 Å². The molecule has 0 saturated heterocycles. The highest BCUT2D eigenvalue weighted by molar-refractivity contribution is 9.10. The summed E-state index contributed by atoms with van der Waals surface area (Å²) in [6.07, 6.45) is 1.07. The fourth-order valence-electron chi connectivity index (χ4n) is 2.59. The van der Waals surface area contributed by atoms with Crippen molar-refractivity contribution in [2.45, 2.75) is 32.0 Å². The largest absolute Gasteiger partial charge is 0.485 e. The molecule has 0 radical (unpaired) electrons. The summed E-state index contributed by atoms with van der Waals surface area (Å²) < 4.78 is 7.02. The van der Waals surface area contributed by atoms with Crippen LogP contribution in [-0.2, 0) is 6.42 Å². The van der Waals surface area contributed by atoms with E-state index in [1.165, 1.54) is 5.56 Å². The van der Waals surface area contributed by atoms with Gasteiger partial charge >= 0.3 is 0 Å². The van der Waals surface area contributed by atoms with Gasteiger partial charge in [0.15, 0.2) is 0 Å². The second-order valence-electron chi connectivity index (χ2n) is 5.14. The molecule has 0 amide bonds. The predicted octanol–water partition coefficient (Wildman–Crippen LogP) is 4.57. The summed E-state index contributed by atoms with van der Waals surface area (Å²) in [6.45, 7) is 2.14. The number of aryl methyl sites for hydroxylation is 1. The van der Waals surface area contributed by atoms with Crippen molar-refractivity contribution in [3.8, 4) is 5.75 Å². The van der Waals surface area contributed by atoms with Crippen LogP contribution in [0.4, 0.5) is 0 Å². The van der Waals surface area contributed by atoms with Crippen LogP contribution in [0.1, 0.15) is 42.2 Å². The molecule has 2 aromatic carbocycles. The average Bonchev–Trinajstić information content (AvgIpc) is 2.46. The quantitative estimate of drug-likeness (QED) is 0.872. The van der Waals surface area contributed by atoms with Gasteiger partial charge in [0, 0.05) is 16.5 Å². The van der Waals surface area contributed by atoms with Crippen LogP contribution in [0, 0.1) is 0 Å². The highest BCUT2D eigenvalue weighted by Gasteiger charge is 2.28. The number of fused-ring (bicyclic) bond motifs is 1. The van der Waals surface area contributed by atoms with Gasteiger partial charge in [-0.3, -0.25) is 0 Å². The molecule has 0 bridgehead atoms. The molecule has 0 spiro atoms. The molecule has 2 nitrogen and oxygen atoms in total. The standard InChI is InChI=1S/C17H17BrO2/c1-2-11-3-5-12(6-4-11)16-10-15(19)14-8-7-13(18)9-17(14)20-16/h3-9,15-16,19H,2,10H2,1H3/t15-,16?/m0/s1. The normalized spacial score (nSPS) is 21.1. The van der Waals surface area contributed by atoms with Gasteiger partial charge in [-0.1, -0.05) is 53.2 Å². The first-order chi connectivity index (χ1) is 9.67. The third kappa shape index (κ3) is 2.60. The van der Waals surface area contributed by atoms with Gasteiger partial charge in [-0.05, 0) is 29.7 Å². The summed E-state index contributed by atoms with van der Waals surface area (Å²) in [4.78, 5) is 0. The fourth-order valence-corrected chi connectivity index (χ4v) is 2.93. The molecule has 0 aliphatic carbocycles. The zero-order valence-electron chi connectivity index (χ0n) is 11.3. The molecule has 1 heterocycles. The van der Waals surface area contributed by atoms with Crippen LogP contribution in [0.3, 0.4) is 0 Å². The number of rotatable bonds is 2. The minimum atomic E-state index is -0.470. The molecule has 1 aliphatic rings. The van der Waals surface area contributed by atoms with E-state index < -0.39 is 6.10 Å². The number of ether oxygens (including phenoxy) is 1. The summed E-state index contributed by atoms with van der Waals surface area (Å²) in [5.74, 6) is 0.766. The highest BCUT2D eigenvalue weighted by Crippen LogP contribution is 2.41. The number of aliphatic hydroxyl groups excluding tert-OH is 1. The molecule has 20 heavy (non-hydrogen) atoms. The number of halogens is 1. The molecular formula is C17H17BrO2. The summed E-state index contributed by atoms with van der Waals surface area (Å²) in [6, 6.07) is 14.2. The SMILES string of the molecule is CCc1ccc(C2C[C@H](O)c3ccc(Br)cc3O2)cc1. The van der Waals surface area contributed by atoms with E-state index in [0.717, 1.165) is 27.8 Å². The van der Waals surface area contributed by atoms with Gasteiger partial charge in [0.05, 0.1) is 6.10 Å². The zero-order chi connectivity index (χ0) is 14.1. The van der Waals surface area contributed by atoms with Gasteiger partial charge in [-0.2, -0.15) is 0 Å².